The molecule has 0 fully saturated rings. The van der Waals surface area contributed by atoms with Crippen LogP contribution in [-0.2, 0) is 22.6 Å². The second kappa shape index (κ2) is 9.73. The van der Waals surface area contributed by atoms with Gasteiger partial charge in [0.2, 0.25) is 11.8 Å². The Morgan fingerprint density at radius 3 is 2.62 bits per heavy atom. The van der Waals surface area contributed by atoms with E-state index in [1.165, 1.54) is 0 Å². The van der Waals surface area contributed by atoms with Gasteiger partial charge in [0.1, 0.15) is 18.1 Å². The maximum Gasteiger partial charge on any atom is 0.244 e. The number of ether oxygens (including phenoxy) is 1. The predicted molar refractivity (Wildman–Crippen MR) is 113 cm³/mol. The summed E-state index contributed by atoms with van der Waals surface area (Å²) in [6.45, 7) is 2.56. The molecule has 0 bridgehead atoms. The van der Waals surface area contributed by atoms with E-state index in [1.807, 2.05) is 47.9 Å². The maximum atomic E-state index is 12.7. The summed E-state index contributed by atoms with van der Waals surface area (Å²) < 4.78 is 7.23. The molecule has 2 aromatic carbocycles. The van der Waals surface area contributed by atoms with Crippen molar-refractivity contribution in [3.8, 4) is 5.75 Å². The third-order valence-electron chi connectivity index (χ3n) is 4.64. The first-order valence-corrected chi connectivity index (χ1v) is 9.76. The molecule has 0 saturated heterocycles. The molecule has 152 valence electrons. The number of aryl methyl sites for hydroxylation is 1. The number of fused-ring (bicyclic) bond motifs is 1. The van der Waals surface area contributed by atoms with E-state index in [2.05, 4.69) is 15.6 Å². The summed E-state index contributed by atoms with van der Waals surface area (Å²) in [7, 11) is 1.57. The fourth-order valence-corrected chi connectivity index (χ4v) is 3.17. The lowest BCUT2D eigenvalue weighted by molar-refractivity contribution is -0.120. The van der Waals surface area contributed by atoms with E-state index in [0.29, 0.717) is 30.8 Å². The largest absolute Gasteiger partial charge is 0.495 e. The number of para-hydroxylation sites is 4. The van der Waals surface area contributed by atoms with Gasteiger partial charge >= 0.3 is 0 Å². The summed E-state index contributed by atoms with van der Waals surface area (Å²) in [5.74, 6) is 1.32. The lowest BCUT2D eigenvalue weighted by Gasteiger charge is -2.12. The quantitative estimate of drug-likeness (QED) is 0.546. The zero-order valence-electron chi connectivity index (χ0n) is 16.8. The third-order valence-corrected chi connectivity index (χ3v) is 4.64. The van der Waals surface area contributed by atoms with Gasteiger partial charge in [0.05, 0.1) is 23.8 Å². The number of nitrogens with zero attached hydrogens (tertiary/aromatic N) is 2. The van der Waals surface area contributed by atoms with Gasteiger partial charge in [-0.15, -0.1) is 0 Å². The monoisotopic (exact) mass is 394 g/mol. The second-order valence-corrected chi connectivity index (χ2v) is 6.66. The Bertz CT molecular complexity index is 997. The van der Waals surface area contributed by atoms with Gasteiger partial charge < -0.3 is 19.9 Å². The van der Waals surface area contributed by atoms with Crippen LogP contribution in [0.25, 0.3) is 11.0 Å². The van der Waals surface area contributed by atoms with Crippen molar-refractivity contribution in [2.75, 3.05) is 19.0 Å². The van der Waals surface area contributed by atoms with Crippen LogP contribution in [0.2, 0.25) is 0 Å². The average molecular weight is 394 g/mol. The highest BCUT2D eigenvalue weighted by molar-refractivity contribution is 5.93. The zero-order chi connectivity index (χ0) is 20.6. The van der Waals surface area contributed by atoms with Crippen molar-refractivity contribution in [1.29, 1.82) is 0 Å². The van der Waals surface area contributed by atoms with Crippen LogP contribution in [0.1, 0.15) is 25.6 Å². The van der Waals surface area contributed by atoms with Crippen LogP contribution in [0.15, 0.2) is 48.5 Å². The van der Waals surface area contributed by atoms with Crippen LogP contribution < -0.4 is 15.4 Å². The normalized spacial score (nSPS) is 10.7. The molecule has 0 unspecified atom stereocenters. The fraction of sp³-hybridized carbons (Fsp3) is 0.318. The second-order valence-electron chi connectivity index (χ2n) is 6.66. The minimum absolute atomic E-state index is 0.0367. The summed E-state index contributed by atoms with van der Waals surface area (Å²) in [6.07, 6.45) is 1.89. The number of hydrogen-bond donors (Lipinski definition) is 2. The van der Waals surface area contributed by atoms with E-state index in [-0.39, 0.29) is 18.4 Å². The van der Waals surface area contributed by atoms with Gasteiger partial charge in [-0.25, -0.2) is 4.98 Å². The van der Waals surface area contributed by atoms with Crippen LogP contribution >= 0.6 is 0 Å². The molecule has 1 heterocycles. The number of benzene rings is 2. The molecular weight excluding hydrogens is 368 g/mol. The number of hydrogen-bond acceptors (Lipinski definition) is 4. The van der Waals surface area contributed by atoms with Crippen molar-refractivity contribution in [2.24, 2.45) is 0 Å². The first-order chi connectivity index (χ1) is 14.1. The van der Waals surface area contributed by atoms with Crippen molar-refractivity contribution < 1.29 is 14.3 Å². The molecule has 0 radical (unpaired) electrons. The highest BCUT2D eigenvalue weighted by Crippen LogP contribution is 2.23. The lowest BCUT2D eigenvalue weighted by Crippen LogP contribution is -2.24. The molecule has 0 aliphatic carbocycles. The number of aromatic nitrogens is 2. The van der Waals surface area contributed by atoms with E-state index in [9.17, 15) is 9.59 Å². The minimum atomic E-state index is -0.154. The van der Waals surface area contributed by atoms with Gasteiger partial charge in [-0.1, -0.05) is 31.2 Å². The molecule has 0 atom stereocenters. The number of amides is 2. The van der Waals surface area contributed by atoms with Gasteiger partial charge in [-0.3, -0.25) is 9.59 Å². The molecule has 29 heavy (non-hydrogen) atoms. The summed E-state index contributed by atoms with van der Waals surface area (Å²) in [5, 5.41) is 5.78. The number of imidazole rings is 1. The molecule has 0 saturated carbocycles. The van der Waals surface area contributed by atoms with Crippen LogP contribution in [0.4, 0.5) is 5.69 Å². The molecule has 0 spiro atoms. The van der Waals surface area contributed by atoms with Crippen LogP contribution in [0, 0.1) is 0 Å². The van der Waals surface area contributed by atoms with E-state index >= 15 is 0 Å². The summed E-state index contributed by atoms with van der Waals surface area (Å²) in [5.41, 5.74) is 2.40. The Kier molecular flexibility index (Phi) is 6.84. The summed E-state index contributed by atoms with van der Waals surface area (Å²) in [4.78, 5) is 28.8. The SMILES string of the molecule is CCC(=O)NCCCc1nc2ccccc2n1CC(=O)Nc1ccccc1OC. The molecule has 0 aliphatic heterocycles. The molecule has 7 nitrogen and oxygen atoms in total. The molecule has 3 aromatic rings. The van der Waals surface area contributed by atoms with Gasteiger partial charge in [0.25, 0.3) is 0 Å². The number of methoxy groups -OCH3 is 1. The number of nitrogens with one attached hydrogen (secondary N) is 2. The Morgan fingerprint density at radius 1 is 1.07 bits per heavy atom. The van der Waals surface area contributed by atoms with Crippen molar-refractivity contribution in [1.82, 2.24) is 14.9 Å². The molecule has 2 amide bonds. The van der Waals surface area contributed by atoms with Crippen LogP contribution in [0.3, 0.4) is 0 Å². The minimum Gasteiger partial charge on any atom is -0.495 e. The van der Waals surface area contributed by atoms with Crippen molar-refractivity contribution in [3.05, 3.63) is 54.4 Å². The van der Waals surface area contributed by atoms with Crippen LogP contribution in [-0.4, -0.2) is 35.0 Å². The third kappa shape index (κ3) is 5.13. The van der Waals surface area contributed by atoms with Gasteiger partial charge in [0, 0.05) is 19.4 Å². The maximum absolute atomic E-state index is 12.7. The summed E-state index contributed by atoms with van der Waals surface area (Å²) >= 11 is 0. The van der Waals surface area contributed by atoms with Crippen LogP contribution in [0.5, 0.6) is 5.75 Å². The molecule has 1 aromatic heterocycles. The topological polar surface area (TPSA) is 85.2 Å². The van der Waals surface area contributed by atoms with E-state index in [0.717, 1.165) is 23.3 Å². The number of anilines is 1. The van der Waals surface area contributed by atoms with Crippen molar-refractivity contribution in [3.63, 3.8) is 0 Å². The average Bonchev–Trinajstić information content (AvgIpc) is 3.08. The zero-order valence-corrected chi connectivity index (χ0v) is 16.8. The number of carbonyl (C=O) groups excluding carboxylic acids is 2. The predicted octanol–water partition coefficient (Wildman–Crippen LogP) is 3.14. The number of carbonyl (C=O) groups is 2. The smallest absolute Gasteiger partial charge is 0.244 e. The Morgan fingerprint density at radius 2 is 1.83 bits per heavy atom. The van der Waals surface area contributed by atoms with E-state index < -0.39 is 0 Å². The van der Waals surface area contributed by atoms with Gasteiger partial charge in [-0.05, 0) is 30.7 Å². The molecule has 3 rings (SSSR count). The Balaban J connectivity index is 1.74. The lowest BCUT2D eigenvalue weighted by atomic mass is 10.2. The molecule has 7 heteroatoms. The van der Waals surface area contributed by atoms with Gasteiger partial charge in [-0.2, -0.15) is 0 Å². The first-order valence-electron chi connectivity index (χ1n) is 9.76. The molecule has 2 N–H and O–H groups in total. The number of rotatable bonds is 9. The van der Waals surface area contributed by atoms with E-state index in [4.69, 9.17) is 4.74 Å². The first kappa shape index (κ1) is 20.4. The Labute approximate surface area is 170 Å². The standard InChI is InChI=1S/C22H26N4O3/c1-3-21(27)23-14-8-13-20-24-16-9-4-6-11-18(16)26(20)15-22(28)25-17-10-5-7-12-19(17)29-2/h4-7,9-12H,3,8,13-15H2,1-2H3,(H,23,27)(H,25,28). The molecule has 0 aliphatic rings. The highest BCUT2D eigenvalue weighted by atomic mass is 16.5. The molecular formula is C22H26N4O3. The Hall–Kier alpha value is -3.35. The van der Waals surface area contributed by atoms with E-state index in [1.54, 1.807) is 19.2 Å². The van der Waals surface area contributed by atoms with Crippen molar-refractivity contribution in [2.45, 2.75) is 32.7 Å². The van der Waals surface area contributed by atoms with Crippen molar-refractivity contribution >= 4 is 28.5 Å². The van der Waals surface area contributed by atoms with Gasteiger partial charge in [0.15, 0.2) is 0 Å². The summed E-state index contributed by atoms with van der Waals surface area (Å²) in [6, 6.07) is 15.1. The fourth-order valence-electron chi connectivity index (χ4n) is 3.17. The highest BCUT2D eigenvalue weighted by Gasteiger charge is 2.14.